The molecule has 0 heterocycles. The van der Waals surface area contributed by atoms with E-state index in [4.69, 9.17) is 5.73 Å². The minimum Gasteiger partial charge on any atom is -0.328 e. The summed E-state index contributed by atoms with van der Waals surface area (Å²) in [6.45, 7) is 2.24. The van der Waals surface area contributed by atoms with Crippen molar-refractivity contribution < 1.29 is 0 Å². The second-order valence-corrected chi connectivity index (χ2v) is 4.57. The van der Waals surface area contributed by atoms with Gasteiger partial charge in [0, 0.05) is 23.9 Å². The molecule has 72 valence electrons. The molecule has 1 atom stereocenters. The zero-order chi connectivity index (χ0) is 8.97. The fraction of sp³-hybridized carbons (Fsp3) is 1.00. The van der Waals surface area contributed by atoms with Crippen LogP contribution >= 0.6 is 11.8 Å². The summed E-state index contributed by atoms with van der Waals surface area (Å²) in [7, 11) is 0. The van der Waals surface area contributed by atoms with Crippen LogP contribution in [0.4, 0.5) is 0 Å². The van der Waals surface area contributed by atoms with Gasteiger partial charge in [0.05, 0.1) is 0 Å². The summed E-state index contributed by atoms with van der Waals surface area (Å²) in [5.74, 6) is 1.22. The molecule has 0 spiro atoms. The fourth-order valence-electron chi connectivity index (χ4n) is 1.62. The van der Waals surface area contributed by atoms with Gasteiger partial charge in [-0.25, -0.2) is 0 Å². The normalized spacial score (nSPS) is 31.2. The number of thioether (sulfide) groups is 1. The van der Waals surface area contributed by atoms with E-state index in [0.29, 0.717) is 18.1 Å². The van der Waals surface area contributed by atoms with Crippen LogP contribution in [0.25, 0.3) is 0 Å². The van der Waals surface area contributed by atoms with Crippen LogP contribution in [-0.2, 0) is 0 Å². The van der Waals surface area contributed by atoms with Crippen LogP contribution in [0.5, 0.6) is 0 Å². The average Bonchev–Trinajstić information content (AvgIpc) is 2.00. The Bertz CT molecular complexity index is 124. The number of rotatable bonds is 5. The van der Waals surface area contributed by atoms with Crippen molar-refractivity contribution in [2.24, 2.45) is 5.73 Å². The molecule has 0 aromatic heterocycles. The van der Waals surface area contributed by atoms with Gasteiger partial charge < -0.3 is 11.1 Å². The molecule has 1 aliphatic rings. The third kappa shape index (κ3) is 2.96. The molecule has 1 unspecified atom stereocenters. The molecular formula is C9H20N2S. The van der Waals surface area contributed by atoms with E-state index in [-0.39, 0.29) is 0 Å². The zero-order valence-corrected chi connectivity index (χ0v) is 8.86. The summed E-state index contributed by atoms with van der Waals surface area (Å²) in [6.07, 6.45) is 5.74. The maximum Gasteiger partial charge on any atom is 0.0158 e. The Balaban J connectivity index is 2.10. The lowest BCUT2D eigenvalue weighted by atomic mass is 9.87. The number of nitrogens with two attached hydrogens (primary N) is 1. The molecular weight excluding hydrogens is 168 g/mol. The third-order valence-electron chi connectivity index (χ3n) is 2.51. The van der Waals surface area contributed by atoms with Gasteiger partial charge in [-0.3, -0.25) is 0 Å². The highest BCUT2D eigenvalue weighted by Gasteiger charge is 2.26. The zero-order valence-electron chi connectivity index (χ0n) is 8.05. The summed E-state index contributed by atoms with van der Waals surface area (Å²) in [5, 5.41) is 3.63. The van der Waals surface area contributed by atoms with Crippen molar-refractivity contribution in [3.63, 3.8) is 0 Å². The average molecular weight is 188 g/mol. The Kier molecular flexibility index (Phi) is 4.40. The molecule has 0 radical (unpaired) electrons. The lowest BCUT2D eigenvalue weighted by Crippen LogP contribution is -2.52. The third-order valence-corrected chi connectivity index (χ3v) is 3.24. The van der Waals surface area contributed by atoms with Gasteiger partial charge in [0.25, 0.3) is 0 Å². The molecule has 0 aromatic rings. The van der Waals surface area contributed by atoms with Crippen LogP contribution in [0.3, 0.4) is 0 Å². The van der Waals surface area contributed by atoms with E-state index in [1.807, 2.05) is 11.8 Å². The van der Waals surface area contributed by atoms with Crippen molar-refractivity contribution in [3.8, 4) is 0 Å². The molecule has 1 rings (SSSR count). The Morgan fingerprint density at radius 2 is 2.25 bits per heavy atom. The molecule has 3 heteroatoms. The van der Waals surface area contributed by atoms with Gasteiger partial charge in [0.15, 0.2) is 0 Å². The molecule has 1 aliphatic carbocycles. The minimum atomic E-state index is 0.467. The lowest BCUT2D eigenvalue weighted by Gasteiger charge is -2.36. The number of hydrogen-bond acceptors (Lipinski definition) is 3. The first kappa shape index (κ1) is 10.4. The molecule has 2 nitrogen and oxygen atoms in total. The summed E-state index contributed by atoms with van der Waals surface area (Å²) in [6, 6.07) is 1.86. The molecule has 0 aromatic carbocycles. The van der Waals surface area contributed by atoms with Gasteiger partial charge in [-0.05, 0) is 25.5 Å². The minimum absolute atomic E-state index is 0.467. The number of hydrogen-bond donors (Lipinski definition) is 2. The van der Waals surface area contributed by atoms with E-state index in [1.165, 1.54) is 25.0 Å². The van der Waals surface area contributed by atoms with Crippen molar-refractivity contribution in [3.05, 3.63) is 0 Å². The summed E-state index contributed by atoms with van der Waals surface area (Å²) in [4.78, 5) is 0. The van der Waals surface area contributed by atoms with Crippen LogP contribution in [0.1, 0.15) is 26.2 Å². The maximum atomic E-state index is 5.71. The van der Waals surface area contributed by atoms with Crippen molar-refractivity contribution in [1.82, 2.24) is 5.32 Å². The summed E-state index contributed by atoms with van der Waals surface area (Å²) < 4.78 is 0. The van der Waals surface area contributed by atoms with Crippen LogP contribution in [0.2, 0.25) is 0 Å². The van der Waals surface area contributed by atoms with Gasteiger partial charge >= 0.3 is 0 Å². The van der Waals surface area contributed by atoms with Crippen molar-refractivity contribution >= 4 is 11.8 Å². The van der Waals surface area contributed by atoms with Gasteiger partial charge in [-0.2, -0.15) is 11.8 Å². The highest BCUT2D eigenvalue weighted by Crippen LogP contribution is 2.18. The van der Waals surface area contributed by atoms with Gasteiger partial charge in [-0.15, -0.1) is 0 Å². The van der Waals surface area contributed by atoms with Crippen molar-refractivity contribution in [1.29, 1.82) is 0 Å². The first-order valence-electron chi connectivity index (χ1n) is 4.76. The molecule has 0 saturated heterocycles. The Morgan fingerprint density at radius 3 is 2.67 bits per heavy atom. The topological polar surface area (TPSA) is 38.0 Å². The predicted octanol–water partition coefficient (Wildman–Crippen LogP) is 1.21. The summed E-state index contributed by atoms with van der Waals surface area (Å²) >= 11 is 1.92. The second-order valence-electron chi connectivity index (χ2n) is 3.66. The van der Waals surface area contributed by atoms with Crippen LogP contribution in [0, 0.1) is 0 Å². The van der Waals surface area contributed by atoms with Crippen molar-refractivity contribution in [2.75, 3.05) is 12.0 Å². The highest BCUT2D eigenvalue weighted by molar-refractivity contribution is 7.98. The molecule has 12 heavy (non-hydrogen) atoms. The second kappa shape index (κ2) is 5.10. The molecule has 0 bridgehead atoms. The monoisotopic (exact) mass is 188 g/mol. The lowest BCUT2D eigenvalue weighted by molar-refractivity contribution is 0.270. The molecule has 1 saturated carbocycles. The van der Waals surface area contributed by atoms with E-state index < -0.39 is 0 Å². The van der Waals surface area contributed by atoms with Gasteiger partial charge in [-0.1, -0.05) is 6.92 Å². The Labute approximate surface area is 79.7 Å². The van der Waals surface area contributed by atoms with E-state index in [9.17, 15) is 0 Å². The van der Waals surface area contributed by atoms with Crippen LogP contribution in [0.15, 0.2) is 0 Å². The smallest absolute Gasteiger partial charge is 0.0158 e. The highest BCUT2D eigenvalue weighted by atomic mass is 32.2. The first-order valence-corrected chi connectivity index (χ1v) is 6.16. The van der Waals surface area contributed by atoms with Crippen LogP contribution in [-0.4, -0.2) is 30.1 Å². The summed E-state index contributed by atoms with van der Waals surface area (Å²) in [5.41, 5.74) is 5.71. The predicted molar refractivity (Wildman–Crippen MR) is 56.6 cm³/mol. The van der Waals surface area contributed by atoms with E-state index in [0.717, 1.165) is 0 Å². The van der Waals surface area contributed by atoms with Crippen LogP contribution < -0.4 is 11.1 Å². The molecule has 1 fully saturated rings. The maximum absolute atomic E-state index is 5.71. The molecule has 3 N–H and O–H groups in total. The Hall–Kier alpha value is 0.270. The van der Waals surface area contributed by atoms with Gasteiger partial charge in [0.2, 0.25) is 0 Å². The number of nitrogens with one attached hydrogen (secondary N) is 1. The van der Waals surface area contributed by atoms with E-state index >= 15 is 0 Å². The Morgan fingerprint density at radius 1 is 1.58 bits per heavy atom. The van der Waals surface area contributed by atoms with E-state index in [2.05, 4.69) is 18.5 Å². The quantitative estimate of drug-likeness (QED) is 0.681. The molecule has 0 amide bonds. The first-order chi connectivity index (χ1) is 5.76. The largest absolute Gasteiger partial charge is 0.328 e. The van der Waals surface area contributed by atoms with Crippen molar-refractivity contribution in [2.45, 2.75) is 44.3 Å². The SMILES string of the molecule is CCC(CSC)NC1CC(N)C1. The van der Waals surface area contributed by atoms with E-state index in [1.54, 1.807) is 0 Å². The molecule has 0 aliphatic heterocycles. The standard InChI is InChI=1S/C9H20N2S/c1-3-8(6-12-2)11-9-4-7(10)5-9/h7-9,11H,3-6,10H2,1-2H3. The fourth-order valence-corrected chi connectivity index (χ4v) is 2.35. The van der Waals surface area contributed by atoms with Gasteiger partial charge in [0.1, 0.15) is 0 Å².